The monoisotopic (exact) mass is 492 g/mol. The van der Waals surface area contributed by atoms with Crippen LogP contribution in [0.15, 0.2) is 42.6 Å². The zero-order valence-corrected chi connectivity index (χ0v) is 21.5. The number of likely N-dealkylation sites (N-methyl/N-ethyl adjacent to an activating group) is 1. The highest BCUT2D eigenvalue weighted by molar-refractivity contribution is 5.97. The first-order valence-electron chi connectivity index (χ1n) is 12.4. The number of pyridine rings is 1. The van der Waals surface area contributed by atoms with Crippen molar-refractivity contribution in [3.63, 3.8) is 0 Å². The summed E-state index contributed by atoms with van der Waals surface area (Å²) in [5, 5.41) is 12.7. The fourth-order valence-corrected chi connectivity index (χ4v) is 3.95. The summed E-state index contributed by atoms with van der Waals surface area (Å²) in [5.74, 6) is 6.08. The third-order valence-corrected chi connectivity index (χ3v) is 6.22. The molecule has 0 fully saturated rings. The van der Waals surface area contributed by atoms with Crippen molar-refractivity contribution >= 4 is 11.9 Å². The van der Waals surface area contributed by atoms with E-state index in [2.05, 4.69) is 22.1 Å². The molecule has 0 saturated carbocycles. The Morgan fingerprint density at radius 2 is 2.11 bits per heavy atom. The van der Waals surface area contributed by atoms with Gasteiger partial charge in [0.15, 0.2) is 0 Å². The Balaban J connectivity index is 1.89. The number of hydrogen-bond acceptors (Lipinski definition) is 5. The Labute approximate surface area is 213 Å². The van der Waals surface area contributed by atoms with Crippen molar-refractivity contribution in [1.82, 2.24) is 20.1 Å². The van der Waals surface area contributed by atoms with Gasteiger partial charge < -0.3 is 25.0 Å². The molecule has 3 atom stereocenters. The van der Waals surface area contributed by atoms with Gasteiger partial charge in [-0.1, -0.05) is 56.0 Å². The topological polar surface area (TPSA) is 95.0 Å². The number of amides is 3. The summed E-state index contributed by atoms with van der Waals surface area (Å²) in [5.41, 5.74) is 2.02. The molecule has 1 aromatic heterocycles. The van der Waals surface area contributed by atoms with Gasteiger partial charge in [-0.15, -0.1) is 0 Å². The van der Waals surface area contributed by atoms with Gasteiger partial charge in [0.25, 0.3) is 5.91 Å². The van der Waals surface area contributed by atoms with Crippen molar-refractivity contribution in [3.05, 3.63) is 59.3 Å². The molecule has 0 bridgehead atoms. The van der Waals surface area contributed by atoms with E-state index in [1.807, 2.05) is 51.1 Å². The molecule has 2 aromatic rings. The molecule has 1 aromatic carbocycles. The Kier molecular flexibility index (Phi) is 9.71. The number of carbonyl (C=O) groups is 2. The first-order chi connectivity index (χ1) is 17.3. The van der Waals surface area contributed by atoms with Crippen LogP contribution in [0.1, 0.15) is 48.7 Å². The van der Waals surface area contributed by atoms with Gasteiger partial charge in [0.1, 0.15) is 11.7 Å². The van der Waals surface area contributed by atoms with Crippen LogP contribution in [0, 0.1) is 17.8 Å². The minimum Gasteiger partial charge on any atom is -0.472 e. The summed E-state index contributed by atoms with van der Waals surface area (Å²) in [6.07, 6.45) is 2.64. The van der Waals surface area contributed by atoms with Crippen molar-refractivity contribution in [1.29, 1.82) is 0 Å². The van der Waals surface area contributed by atoms with Crippen LogP contribution in [-0.2, 0) is 6.42 Å². The Morgan fingerprint density at radius 1 is 1.36 bits per heavy atom. The highest BCUT2D eigenvalue weighted by atomic mass is 16.5. The second-order valence-electron chi connectivity index (χ2n) is 9.28. The van der Waals surface area contributed by atoms with Crippen molar-refractivity contribution in [2.24, 2.45) is 5.92 Å². The van der Waals surface area contributed by atoms with Gasteiger partial charge in [0, 0.05) is 44.2 Å². The lowest BCUT2D eigenvalue weighted by Gasteiger charge is -2.37. The van der Waals surface area contributed by atoms with E-state index in [0.717, 1.165) is 12.0 Å². The molecule has 0 aliphatic carbocycles. The number of nitrogens with one attached hydrogen (secondary N) is 1. The number of hydrogen-bond donors (Lipinski definition) is 2. The second kappa shape index (κ2) is 12.9. The van der Waals surface area contributed by atoms with Gasteiger partial charge in [-0.2, -0.15) is 0 Å². The normalized spacial score (nSPS) is 18.0. The average Bonchev–Trinajstić information content (AvgIpc) is 2.89. The summed E-state index contributed by atoms with van der Waals surface area (Å²) < 4.78 is 6.24. The summed E-state index contributed by atoms with van der Waals surface area (Å²) in [6.45, 7) is 6.91. The lowest BCUT2D eigenvalue weighted by Crippen LogP contribution is -2.51. The number of urea groups is 1. The summed E-state index contributed by atoms with van der Waals surface area (Å²) in [4.78, 5) is 33.6. The molecule has 192 valence electrons. The SMILES string of the molecule is CCCNC(=O)N(C)C[C@H]1Oc2ncc(C#CCc3ccccc3)cc2C(=O)N([C@H](C)CO)C[C@H]1C. The minimum absolute atomic E-state index is 0.107. The molecule has 8 heteroatoms. The van der Waals surface area contributed by atoms with Crippen molar-refractivity contribution < 1.29 is 19.4 Å². The molecule has 1 aliphatic heterocycles. The first kappa shape index (κ1) is 27.0. The lowest BCUT2D eigenvalue weighted by atomic mass is 10.00. The average molecular weight is 493 g/mol. The molecule has 0 saturated heterocycles. The Morgan fingerprint density at radius 3 is 2.81 bits per heavy atom. The maximum Gasteiger partial charge on any atom is 0.317 e. The van der Waals surface area contributed by atoms with Crippen LogP contribution in [0.4, 0.5) is 4.79 Å². The number of aliphatic hydroxyl groups is 1. The van der Waals surface area contributed by atoms with E-state index in [9.17, 15) is 14.7 Å². The van der Waals surface area contributed by atoms with Gasteiger partial charge in [-0.05, 0) is 25.0 Å². The number of carbonyl (C=O) groups excluding carboxylic acids is 2. The van der Waals surface area contributed by atoms with Crippen molar-refractivity contribution in [2.75, 3.05) is 33.3 Å². The zero-order valence-electron chi connectivity index (χ0n) is 21.5. The highest BCUT2D eigenvalue weighted by Crippen LogP contribution is 2.27. The predicted octanol–water partition coefficient (Wildman–Crippen LogP) is 2.95. The third kappa shape index (κ3) is 6.98. The molecule has 8 nitrogen and oxygen atoms in total. The van der Waals surface area contributed by atoms with E-state index in [-0.39, 0.29) is 36.4 Å². The molecule has 0 radical (unpaired) electrons. The summed E-state index contributed by atoms with van der Waals surface area (Å²) in [7, 11) is 1.72. The number of aliphatic hydroxyl groups excluding tert-OH is 1. The number of benzene rings is 1. The van der Waals surface area contributed by atoms with Crippen LogP contribution in [-0.4, -0.2) is 77.3 Å². The van der Waals surface area contributed by atoms with Crippen LogP contribution in [0.2, 0.25) is 0 Å². The van der Waals surface area contributed by atoms with Crippen molar-refractivity contribution in [3.8, 4) is 17.7 Å². The van der Waals surface area contributed by atoms with E-state index in [0.29, 0.717) is 37.2 Å². The summed E-state index contributed by atoms with van der Waals surface area (Å²) in [6, 6.07) is 11.1. The number of aromatic nitrogens is 1. The van der Waals surface area contributed by atoms with E-state index in [1.165, 1.54) is 0 Å². The molecule has 2 N–H and O–H groups in total. The molecule has 1 aliphatic rings. The van der Waals surface area contributed by atoms with Crippen LogP contribution in [0.5, 0.6) is 5.88 Å². The van der Waals surface area contributed by atoms with Gasteiger partial charge in [-0.3, -0.25) is 4.79 Å². The fourth-order valence-electron chi connectivity index (χ4n) is 3.95. The Bertz CT molecular complexity index is 1100. The van der Waals surface area contributed by atoms with Crippen LogP contribution in [0.25, 0.3) is 0 Å². The zero-order chi connectivity index (χ0) is 26.1. The molecule has 0 spiro atoms. The number of fused-ring (bicyclic) bond motifs is 1. The molecule has 0 unspecified atom stereocenters. The number of nitrogens with zero attached hydrogens (tertiary/aromatic N) is 3. The maximum atomic E-state index is 13.5. The van der Waals surface area contributed by atoms with E-state index in [4.69, 9.17) is 4.74 Å². The minimum atomic E-state index is -0.398. The maximum absolute atomic E-state index is 13.5. The van der Waals surface area contributed by atoms with Crippen molar-refractivity contribution in [2.45, 2.75) is 45.8 Å². The smallest absolute Gasteiger partial charge is 0.317 e. The van der Waals surface area contributed by atoms with Crippen LogP contribution < -0.4 is 10.1 Å². The van der Waals surface area contributed by atoms with E-state index < -0.39 is 6.10 Å². The fraction of sp³-hybridized carbons (Fsp3) is 0.464. The van der Waals surface area contributed by atoms with Gasteiger partial charge in [0.05, 0.1) is 19.2 Å². The van der Waals surface area contributed by atoms with E-state index in [1.54, 1.807) is 29.1 Å². The molecule has 36 heavy (non-hydrogen) atoms. The van der Waals surface area contributed by atoms with Crippen LogP contribution >= 0.6 is 0 Å². The second-order valence-corrected chi connectivity index (χ2v) is 9.28. The number of ether oxygens (including phenoxy) is 1. The first-order valence-corrected chi connectivity index (χ1v) is 12.4. The largest absolute Gasteiger partial charge is 0.472 e. The molecule has 2 heterocycles. The van der Waals surface area contributed by atoms with Gasteiger partial charge >= 0.3 is 6.03 Å². The number of rotatable bonds is 7. The Hall–Kier alpha value is -3.57. The van der Waals surface area contributed by atoms with E-state index >= 15 is 0 Å². The summed E-state index contributed by atoms with van der Waals surface area (Å²) >= 11 is 0. The molecular weight excluding hydrogens is 456 g/mol. The third-order valence-electron chi connectivity index (χ3n) is 6.22. The predicted molar refractivity (Wildman–Crippen MR) is 139 cm³/mol. The standard InChI is InChI=1S/C28H36N4O4/c1-5-14-29-28(35)31(4)18-25-20(2)17-32(21(3)19-33)27(34)24-15-23(16-30-26(24)36-25)13-9-12-22-10-7-6-8-11-22/h6-8,10-11,15-16,20-21,25,33H,5,12,14,17-19H2,1-4H3,(H,29,35)/t20-,21-,25-/m1/s1. The molecule has 3 amide bonds. The van der Waals surface area contributed by atoms with Crippen LogP contribution in [0.3, 0.4) is 0 Å². The molecule has 3 rings (SSSR count). The molecular formula is C28H36N4O4. The van der Waals surface area contributed by atoms with Gasteiger partial charge in [-0.25, -0.2) is 9.78 Å². The highest BCUT2D eigenvalue weighted by Gasteiger charge is 2.34. The lowest BCUT2D eigenvalue weighted by molar-refractivity contribution is 0.0352. The van der Waals surface area contributed by atoms with Gasteiger partial charge in [0.2, 0.25) is 5.88 Å². The quantitative estimate of drug-likeness (QED) is 0.580.